The van der Waals surface area contributed by atoms with Gasteiger partial charge >= 0.3 is 0 Å². The zero-order valence-corrected chi connectivity index (χ0v) is 12.4. The van der Waals surface area contributed by atoms with Crippen LogP contribution in [0.2, 0.25) is 0 Å². The first kappa shape index (κ1) is 14.0. The lowest BCUT2D eigenvalue weighted by Gasteiger charge is -2.26. The van der Waals surface area contributed by atoms with Gasteiger partial charge in [0.25, 0.3) is 0 Å². The van der Waals surface area contributed by atoms with Crippen molar-refractivity contribution in [1.29, 1.82) is 0 Å². The van der Waals surface area contributed by atoms with Gasteiger partial charge in [0.05, 0.1) is 29.0 Å². The first-order valence-corrected chi connectivity index (χ1v) is 6.42. The van der Waals surface area contributed by atoms with Gasteiger partial charge in [-0.05, 0) is 35.0 Å². The molecule has 0 aliphatic heterocycles. The minimum atomic E-state index is -1.57. The van der Waals surface area contributed by atoms with Crippen LogP contribution in [0.3, 0.4) is 0 Å². The van der Waals surface area contributed by atoms with Crippen LogP contribution in [0.25, 0.3) is 0 Å². The van der Waals surface area contributed by atoms with Gasteiger partial charge in [-0.2, -0.15) is 5.10 Å². The molecule has 0 amide bonds. The molecule has 1 N–H and O–H groups in total. The van der Waals surface area contributed by atoms with Crippen LogP contribution in [0, 0.1) is 5.82 Å². The van der Waals surface area contributed by atoms with Gasteiger partial charge in [0.2, 0.25) is 0 Å². The van der Waals surface area contributed by atoms with Crippen molar-refractivity contribution < 1.29 is 14.2 Å². The lowest BCUT2D eigenvalue weighted by molar-refractivity contribution is 0.0847. The molecule has 1 aromatic carbocycles. The molecule has 0 saturated heterocycles. The van der Waals surface area contributed by atoms with Gasteiger partial charge in [-0.25, -0.2) is 4.39 Å². The van der Waals surface area contributed by atoms with Crippen molar-refractivity contribution in [3.8, 4) is 5.75 Å². The Labute approximate surface area is 118 Å². The summed E-state index contributed by atoms with van der Waals surface area (Å²) in [6.45, 7) is 1.51. The number of ether oxygens (including phenoxy) is 1. The predicted octanol–water partition coefficient (Wildman–Crippen LogP) is 2.59. The standard InChI is InChI=1S/C13H14BrFN2O2/c1-13(18,12-8(14)7-16-17(12)2)11-9(15)5-4-6-10(11)19-3/h4-7,18H,1-3H3. The van der Waals surface area contributed by atoms with E-state index in [0.29, 0.717) is 10.2 Å². The Morgan fingerprint density at radius 3 is 2.68 bits per heavy atom. The molecule has 0 aliphatic carbocycles. The molecule has 1 aromatic heterocycles. The molecule has 2 rings (SSSR count). The van der Waals surface area contributed by atoms with E-state index in [9.17, 15) is 9.50 Å². The van der Waals surface area contributed by atoms with Crippen molar-refractivity contribution in [3.05, 3.63) is 45.9 Å². The molecule has 2 aromatic rings. The summed E-state index contributed by atoms with van der Waals surface area (Å²) in [5.74, 6) is -0.240. The van der Waals surface area contributed by atoms with Crippen LogP contribution in [-0.4, -0.2) is 22.0 Å². The van der Waals surface area contributed by atoms with Crippen LogP contribution in [0.4, 0.5) is 4.39 Å². The Morgan fingerprint density at radius 1 is 1.47 bits per heavy atom. The molecule has 1 atom stereocenters. The first-order chi connectivity index (χ1) is 8.89. The van der Waals surface area contributed by atoms with Crippen molar-refractivity contribution in [1.82, 2.24) is 9.78 Å². The average Bonchev–Trinajstić information content (AvgIpc) is 2.68. The number of aliphatic hydroxyl groups is 1. The van der Waals surface area contributed by atoms with Gasteiger partial charge in [0.15, 0.2) is 0 Å². The van der Waals surface area contributed by atoms with Gasteiger partial charge in [-0.3, -0.25) is 4.68 Å². The van der Waals surface area contributed by atoms with Crippen LogP contribution >= 0.6 is 15.9 Å². The van der Waals surface area contributed by atoms with Crippen LogP contribution < -0.4 is 4.74 Å². The number of hydrogen-bond donors (Lipinski definition) is 1. The predicted molar refractivity (Wildman–Crippen MR) is 72.5 cm³/mol. The maximum Gasteiger partial charge on any atom is 0.136 e. The highest BCUT2D eigenvalue weighted by Crippen LogP contribution is 2.39. The van der Waals surface area contributed by atoms with Gasteiger partial charge < -0.3 is 9.84 Å². The molecule has 0 spiro atoms. The van der Waals surface area contributed by atoms with Crippen molar-refractivity contribution in [2.24, 2.45) is 7.05 Å². The fourth-order valence-electron chi connectivity index (χ4n) is 2.22. The summed E-state index contributed by atoms with van der Waals surface area (Å²) in [5.41, 5.74) is -1.03. The summed E-state index contributed by atoms with van der Waals surface area (Å²) in [7, 11) is 3.12. The van der Waals surface area contributed by atoms with E-state index in [-0.39, 0.29) is 11.3 Å². The third-order valence-electron chi connectivity index (χ3n) is 3.04. The van der Waals surface area contributed by atoms with Gasteiger partial charge in [-0.1, -0.05) is 6.07 Å². The first-order valence-electron chi connectivity index (χ1n) is 5.63. The van der Waals surface area contributed by atoms with E-state index in [0.717, 1.165) is 0 Å². The summed E-state index contributed by atoms with van der Waals surface area (Å²) >= 11 is 3.31. The molecule has 4 nitrogen and oxygen atoms in total. The average molecular weight is 329 g/mol. The normalized spacial score (nSPS) is 14.2. The van der Waals surface area contributed by atoms with E-state index in [1.54, 1.807) is 19.3 Å². The molecule has 102 valence electrons. The number of nitrogens with zero attached hydrogens (tertiary/aromatic N) is 2. The van der Waals surface area contributed by atoms with Crippen LogP contribution in [0.5, 0.6) is 5.75 Å². The highest BCUT2D eigenvalue weighted by Gasteiger charge is 2.36. The Morgan fingerprint density at radius 2 is 2.16 bits per heavy atom. The fraction of sp³-hybridized carbons (Fsp3) is 0.308. The maximum atomic E-state index is 14.1. The third kappa shape index (κ3) is 2.26. The molecule has 0 bridgehead atoms. The summed E-state index contributed by atoms with van der Waals surface area (Å²) in [5, 5.41) is 14.8. The molecule has 0 saturated carbocycles. The van der Waals surface area contributed by atoms with E-state index >= 15 is 0 Å². The summed E-state index contributed by atoms with van der Waals surface area (Å²) in [6, 6.07) is 4.43. The highest BCUT2D eigenvalue weighted by atomic mass is 79.9. The second kappa shape index (κ2) is 4.94. The quantitative estimate of drug-likeness (QED) is 0.942. The monoisotopic (exact) mass is 328 g/mol. The number of benzene rings is 1. The number of methoxy groups -OCH3 is 1. The lowest BCUT2D eigenvalue weighted by atomic mass is 9.91. The smallest absolute Gasteiger partial charge is 0.136 e. The molecule has 1 heterocycles. The summed E-state index contributed by atoms with van der Waals surface area (Å²) in [4.78, 5) is 0. The van der Waals surface area contributed by atoms with Crippen LogP contribution in [0.1, 0.15) is 18.2 Å². The van der Waals surface area contributed by atoms with Gasteiger partial charge in [0, 0.05) is 7.05 Å². The van der Waals surface area contributed by atoms with E-state index in [2.05, 4.69) is 21.0 Å². The second-order valence-electron chi connectivity index (χ2n) is 4.35. The number of rotatable bonds is 3. The Kier molecular flexibility index (Phi) is 3.64. The van der Waals surface area contributed by atoms with Crippen molar-refractivity contribution in [3.63, 3.8) is 0 Å². The topological polar surface area (TPSA) is 47.3 Å². The zero-order valence-electron chi connectivity index (χ0n) is 10.8. The molecule has 0 aliphatic rings. The Balaban J connectivity index is 2.70. The molecular weight excluding hydrogens is 315 g/mol. The number of aryl methyl sites for hydroxylation is 1. The molecule has 0 fully saturated rings. The molecule has 19 heavy (non-hydrogen) atoms. The number of halogens is 2. The van der Waals surface area contributed by atoms with Crippen LogP contribution in [0.15, 0.2) is 28.9 Å². The lowest BCUT2D eigenvalue weighted by Crippen LogP contribution is -2.28. The van der Waals surface area contributed by atoms with Crippen molar-refractivity contribution in [2.45, 2.75) is 12.5 Å². The highest BCUT2D eigenvalue weighted by molar-refractivity contribution is 9.10. The molecule has 1 unspecified atom stereocenters. The maximum absolute atomic E-state index is 14.1. The Hall–Kier alpha value is -1.40. The van der Waals surface area contributed by atoms with Crippen molar-refractivity contribution in [2.75, 3.05) is 7.11 Å². The molecule has 6 heteroatoms. The fourth-order valence-corrected chi connectivity index (χ4v) is 2.96. The van der Waals surface area contributed by atoms with E-state index in [1.807, 2.05) is 0 Å². The Bertz CT molecular complexity index is 591. The summed E-state index contributed by atoms with van der Waals surface area (Å²) in [6.07, 6.45) is 1.55. The molecular formula is C13H14BrFN2O2. The second-order valence-corrected chi connectivity index (χ2v) is 5.21. The zero-order chi connectivity index (χ0) is 14.2. The van der Waals surface area contributed by atoms with Gasteiger partial charge in [-0.15, -0.1) is 0 Å². The summed E-state index contributed by atoms with van der Waals surface area (Å²) < 4.78 is 21.3. The van der Waals surface area contributed by atoms with E-state index in [4.69, 9.17) is 4.74 Å². The van der Waals surface area contributed by atoms with Gasteiger partial charge in [0.1, 0.15) is 17.2 Å². The number of aromatic nitrogens is 2. The van der Waals surface area contributed by atoms with Crippen LogP contribution in [-0.2, 0) is 12.6 Å². The van der Waals surface area contributed by atoms with E-state index in [1.165, 1.54) is 30.8 Å². The third-order valence-corrected chi connectivity index (χ3v) is 3.62. The minimum Gasteiger partial charge on any atom is -0.496 e. The van der Waals surface area contributed by atoms with Crippen molar-refractivity contribution >= 4 is 15.9 Å². The largest absolute Gasteiger partial charge is 0.496 e. The molecule has 0 radical (unpaired) electrons. The van der Waals surface area contributed by atoms with E-state index < -0.39 is 11.4 Å². The SMILES string of the molecule is COc1cccc(F)c1C(C)(O)c1c(Br)cnn1C. The number of hydrogen-bond acceptors (Lipinski definition) is 3. The minimum absolute atomic E-state index is 0.0850.